The second-order valence-corrected chi connectivity index (χ2v) is 11.8. The lowest BCUT2D eigenvalue weighted by Crippen LogP contribution is -2.27. The van der Waals surface area contributed by atoms with Crippen molar-refractivity contribution in [3.63, 3.8) is 0 Å². The Hall–Kier alpha value is -4.07. The quantitative estimate of drug-likeness (QED) is 0.195. The molecule has 1 heterocycles. The summed E-state index contributed by atoms with van der Waals surface area (Å²) in [4.78, 5) is 31.4. The SMILES string of the molecule is COc1cc(NC(=O)C(C)Sc2nc3ccccc3c(=O)n2CCc2ccc(S(N)(=O)=O)cc2)cc(OC)c1OC. The van der Waals surface area contributed by atoms with E-state index >= 15 is 0 Å². The van der Waals surface area contributed by atoms with Gasteiger partial charge in [-0.2, -0.15) is 0 Å². The third-order valence-electron chi connectivity index (χ3n) is 6.29. The fourth-order valence-corrected chi connectivity index (χ4v) is 5.58. The van der Waals surface area contributed by atoms with Crippen LogP contribution >= 0.6 is 11.8 Å². The maximum Gasteiger partial charge on any atom is 0.262 e. The van der Waals surface area contributed by atoms with Crippen LogP contribution in [0.2, 0.25) is 0 Å². The van der Waals surface area contributed by atoms with Crippen LogP contribution in [-0.4, -0.2) is 50.5 Å². The molecule has 4 rings (SSSR count). The zero-order chi connectivity index (χ0) is 29.7. The number of rotatable bonds is 11. The van der Waals surface area contributed by atoms with Gasteiger partial charge in [0.25, 0.3) is 5.56 Å². The molecular weight excluding hydrogens is 568 g/mol. The van der Waals surface area contributed by atoms with Gasteiger partial charge < -0.3 is 19.5 Å². The molecule has 0 fully saturated rings. The summed E-state index contributed by atoms with van der Waals surface area (Å²) in [5, 5.41) is 8.25. The Kier molecular flexibility index (Phi) is 9.21. The topological polar surface area (TPSA) is 152 Å². The summed E-state index contributed by atoms with van der Waals surface area (Å²) < 4.78 is 40.8. The number of primary sulfonamides is 1. The number of thioether (sulfide) groups is 1. The van der Waals surface area contributed by atoms with E-state index in [9.17, 15) is 18.0 Å². The zero-order valence-corrected chi connectivity index (χ0v) is 24.5. The molecule has 0 saturated carbocycles. The molecule has 0 aliphatic heterocycles. The van der Waals surface area contributed by atoms with Gasteiger partial charge in [0, 0.05) is 24.4 Å². The summed E-state index contributed by atoms with van der Waals surface area (Å²) in [7, 11) is 0.659. The van der Waals surface area contributed by atoms with Gasteiger partial charge in [-0.3, -0.25) is 14.2 Å². The van der Waals surface area contributed by atoms with Crippen LogP contribution in [0.4, 0.5) is 5.69 Å². The largest absolute Gasteiger partial charge is 0.493 e. The highest BCUT2D eigenvalue weighted by atomic mass is 32.2. The summed E-state index contributed by atoms with van der Waals surface area (Å²) in [5.41, 5.74) is 1.54. The molecule has 4 aromatic rings. The van der Waals surface area contributed by atoms with Crippen LogP contribution in [-0.2, 0) is 27.8 Å². The molecule has 1 amide bonds. The van der Waals surface area contributed by atoms with E-state index < -0.39 is 15.3 Å². The van der Waals surface area contributed by atoms with Gasteiger partial charge >= 0.3 is 0 Å². The maximum atomic E-state index is 13.5. The number of anilines is 1. The number of aryl methyl sites for hydroxylation is 1. The molecule has 216 valence electrons. The van der Waals surface area contributed by atoms with Crippen LogP contribution in [0.5, 0.6) is 17.2 Å². The molecule has 1 atom stereocenters. The Balaban J connectivity index is 1.59. The smallest absolute Gasteiger partial charge is 0.262 e. The van der Waals surface area contributed by atoms with E-state index in [0.717, 1.165) is 17.3 Å². The summed E-state index contributed by atoms with van der Waals surface area (Å²) in [5.74, 6) is 0.866. The first-order chi connectivity index (χ1) is 19.5. The van der Waals surface area contributed by atoms with Gasteiger partial charge in [0.1, 0.15) is 0 Å². The van der Waals surface area contributed by atoms with Crippen LogP contribution in [0.15, 0.2) is 75.5 Å². The number of nitrogens with two attached hydrogens (primary N) is 1. The third kappa shape index (κ3) is 6.81. The number of nitrogens with zero attached hydrogens (tertiary/aromatic N) is 2. The highest BCUT2D eigenvalue weighted by Crippen LogP contribution is 2.40. The van der Waals surface area contributed by atoms with E-state index in [-0.39, 0.29) is 22.9 Å². The van der Waals surface area contributed by atoms with E-state index in [0.29, 0.717) is 45.4 Å². The third-order valence-corrected chi connectivity index (χ3v) is 8.31. The van der Waals surface area contributed by atoms with Gasteiger partial charge in [-0.15, -0.1) is 0 Å². The maximum absolute atomic E-state index is 13.5. The minimum atomic E-state index is -3.81. The fraction of sp³-hybridized carbons (Fsp3) is 0.250. The van der Waals surface area contributed by atoms with Gasteiger partial charge in [0.05, 0.1) is 42.4 Å². The number of sulfonamides is 1. The lowest BCUT2D eigenvalue weighted by atomic mass is 10.1. The van der Waals surface area contributed by atoms with Gasteiger partial charge in [0.2, 0.25) is 21.7 Å². The molecule has 3 aromatic carbocycles. The Morgan fingerprint density at radius 2 is 1.66 bits per heavy atom. The monoisotopic (exact) mass is 598 g/mol. The number of fused-ring (bicyclic) bond motifs is 1. The lowest BCUT2D eigenvalue weighted by molar-refractivity contribution is -0.115. The predicted molar refractivity (Wildman–Crippen MR) is 158 cm³/mol. The first kappa shape index (κ1) is 29.9. The van der Waals surface area contributed by atoms with Crippen molar-refractivity contribution in [3.8, 4) is 17.2 Å². The molecule has 0 saturated heterocycles. The number of carbonyl (C=O) groups excluding carboxylic acids is 1. The molecule has 3 N–H and O–H groups in total. The molecule has 0 bridgehead atoms. The van der Waals surface area contributed by atoms with Crippen LogP contribution in [0.25, 0.3) is 10.9 Å². The molecule has 0 aliphatic rings. The van der Waals surface area contributed by atoms with Gasteiger partial charge in [-0.05, 0) is 43.2 Å². The number of hydrogen-bond acceptors (Lipinski definition) is 9. The number of aromatic nitrogens is 2. The van der Waals surface area contributed by atoms with Crippen LogP contribution in [0.3, 0.4) is 0 Å². The molecule has 0 radical (unpaired) electrons. The number of amides is 1. The van der Waals surface area contributed by atoms with Crippen LogP contribution in [0.1, 0.15) is 12.5 Å². The summed E-state index contributed by atoms with van der Waals surface area (Å²) in [6.07, 6.45) is 0.421. The summed E-state index contributed by atoms with van der Waals surface area (Å²) in [6, 6.07) is 16.4. The van der Waals surface area contributed by atoms with Gasteiger partial charge in [-0.1, -0.05) is 36.0 Å². The highest BCUT2D eigenvalue weighted by Gasteiger charge is 2.21. The number of hydrogen-bond donors (Lipinski definition) is 2. The number of para-hydroxylation sites is 1. The van der Waals surface area contributed by atoms with Crippen molar-refractivity contribution < 1.29 is 27.4 Å². The van der Waals surface area contributed by atoms with E-state index in [1.165, 1.54) is 38.0 Å². The minimum absolute atomic E-state index is 0.00831. The second kappa shape index (κ2) is 12.6. The second-order valence-electron chi connectivity index (χ2n) is 8.97. The molecule has 41 heavy (non-hydrogen) atoms. The molecular formula is C28H30N4O7S2. The van der Waals surface area contributed by atoms with E-state index in [1.54, 1.807) is 55.5 Å². The number of benzene rings is 3. The lowest BCUT2D eigenvalue weighted by Gasteiger charge is -2.18. The number of carbonyl (C=O) groups is 1. The van der Waals surface area contributed by atoms with E-state index in [2.05, 4.69) is 5.32 Å². The molecule has 0 spiro atoms. The summed E-state index contributed by atoms with van der Waals surface area (Å²) >= 11 is 1.15. The van der Waals surface area contributed by atoms with Crippen molar-refractivity contribution in [2.45, 2.75) is 35.2 Å². The first-order valence-electron chi connectivity index (χ1n) is 12.4. The van der Waals surface area contributed by atoms with Crippen molar-refractivity contribution in [1.82, 2.24) is 9.55 Å². The predicted octanol–water partition coefficient (Wildman–Crippen LogP) is 3.43. The molecule has 11 nitrogen and oxygen atoms in total. The van der Waals surface area contributed by atoms with Crippen molar-refractivity contribution in [3.05, 3.63) is 76.6 Å². The first-order valence-corrected chi connectivity index (χ1v) is 14.9. The average Bonchev–Trinajstić information content (AvgIpc) is 2.96. The van der Waals surface area contributed by atoms with Crippen molar-refractivity contribution in [1.29, 1.82) is 0 Å². The molecule has 1 unspecified atom stereocenters. The molecule has 0 aliphatic carbocycles. The van der Waals surface area contributed by atoms with Crippen molar-refractivity contribution >= 4 is 44.3 Å². The standard InChI is InChI=1S/C28H30N4O7S2/c1-17(26(33)30-19-15-23(37-2)25(39-4)24(16-19)38-3)40-28-31-22-8-6-5-7-21(22)27(34)32(28)14-13-18-9-11-20(12-10-18)41(29,35)36/h5-12,15-17H,13-14H2,1-4H3,(H,30,33)(H2,29,35,36). The Bertz CT molecular complexity index is 1710. The van der Waals surface area contributed by atoms with E-state index in [1.807, 2.05) is 0 Å². The van der Waals surface area contributed by atoms with Crippen molar-refractivity contribution in [2.24, 2.45) is 5.14 Å². The van der Waals surface area contributed by atoms with E-state index in [4.69, 9.17) is 24.3 Å². The minimum Gasteiger partial charge on any atom is -0.493 e. The number of ether oxygens (including phenoxy) is 3. The average molecular weight is 599 g/mol. The Morgan fingerprint density at radius 3 is 2.24 bits per heavy atom. The zero-order valence-electron chi connectivity index (χ0n) is 22.9. The van der Waals surface area contributed by atoms with Crippen molar-refractivity contribution in [2.75, 3.05) is 26.6 Å². The number of methoxy groups -OCH3 is 3. The van der Waals surface area contributed by atoms with Gasteiger partial charge in [0.15, 0.2) is 16.7 Å². The molecule has 13 heteroatoms. The van der Waals surface area contributed by atoms with Gasteiger partial charge in [-0.25, -0.2) is 18.5 Å². The Labute approximate surface area is 241 Å². The van der Waals surface area contributed by atoms with Crippen LogP contribution < -0.4 is 30.2 Å². The fourth-order valence-electron chi connectivity index (χ4n) is 4.13. The Morgan fingerprint density at radius 1 is 1.02 bits per heavy atom. The summed E-state index contributed by atoms with van der Waals surface area (Å²) in [6.45, 7) is 1.98. The highest BCUT2D eigenvalue weighted by molar-refractivity contribution is 8.00. The normalized spacial score (nSPS) is 12.1. The number of nitrogens with one attached hydrogen (secondary N) is 1. The van der Waals surface area contributed by atoms with Crippen LogP contribution in [0, 0.1) is 0 Å². The molecule has 1 aromatic heterocycles.